The van der Waals surface area contributed by atoms with E-state index in [0.29, 0.717) is 11.0 Å². The van der Waals surface area contributed by atoms with Gasteiger partial charge in [0.15, 0.2) is 0 Å². The molecule has 0 aromatic carbocycles. The minimum atomic E-state index is -0.224. The smallest absolute Gasteiger partial charge is 0.234 e. The van der Waals surface area contributed by atoms with E-state index in [1.165, 1.54) is 0 Å². The minimum Gasteiger partial charge on any atom is -0.393 e. The highest BCUT2D eigenvalue weighted by molar-refractivity contribution is 7.80. The summed E-state index contributed by atoms with van der Waals surface area (Å²) in [5.74, 6) is -0.224. The molecular weight excluding hydrogens is 198 g/mol. The van der Waals surface area contributed by atoms with E-state index in [2.05, 4.69) is 11.8 Å². The molecule has 1 fully saturated rings. The first-order valence-corrected chi connectivity index (χ1v) is 5.26. The molecular formula is C9H17N3OS. The molecule has 1 heterocycles. The maximum absolute atomic E-state index is 11.0. The summed E-state index contributed by atoms with van der Waals surface area (Å²) in [6.07, 6.45) is 2.52. The van der Waals surface area contributed by atoms with Gasteiger partial charge in [-0.1, -0.05) is 12.2 Å². The van der Waals surface area contributed by atoms with Crippen molar-refractivity contribution >= 4 is 23.1 Å². The van der Waals surface area contributed by atoms with E-state index in [-0.39, 0.29) is 11.9 Å². The van der Waals surface area contributed by atoms with Crippen molar-refractivity contribution in [3.63, 3.8) is 0 Å². The molecule has 0 radical (unpaired) electrons. The van der Waals surface area contributed by atoms with Crippen LogP contribution in [0.2, 0.25) is 0 Å². The van der Waals surface area contributed by atoms with E-state index < -0.39 is 0 Å². The van der Waals surface area contributed by atoms with Crippen LogP contribution in [0.3, 0.4) is 0 Å². The number of nitrogens with two attached hydrogens (primary N) is 2. The predicted molar refractivity (Wildman–Crippen MR) is 59.8 cm³/mol. The number of thiocarbonyl (C=S) groups is 1. The van der Waals surface area contributed by atoms with Gasteiger partial charge in [-0.25, -0.2) is 0 Å². The van der Waals surface area contributed by atoms with Gasteiger partial charge in [-0.15, -0.1) is 0 Å². The monoisotopic (exact) mass is 215 g/mol. The average Bonchev–Trinajstić information content (AvgIpc) is 1.97. The molecule has 0 saturated carbocycles. The summed E-state index contributed by atoms with van der Waals surface area (Å²) in [5, 5.41) is 0. The third kappa shape index (κ3) is 2.65. The van der Waals surface area contributed by atoms with E-state index in [1.807, 2.05) is 0 Å². The third-order valence-electron chi connectivity index (χ3n) is 2.76. The molecule has 2 unspecified atom stereocenters. The summed E-state index contributed by atoms with van der Waals surface area (Å²) in [7, 11) is 0. The molecule has 4 N–H and O–H groups in total. The van der Waals surface area contributed by atoms with Gasteiger partial charge < -0.3 is 11.5 Å². The van der Waals surface area contributed by atoms with Crippen LogP contribution in [-0.2, 0) is 4.79 Å². The van der Waals surface area contributed by atoms with Gasteiger partial charge in [0.25, 0.3) is 0 Å². The molecule has 5 heteroatoms. The number of nitrogens with zero attached hydrogens (tertiary/aromatic N) is 1. The fourth-order valence-corrected chi connectivity index (χ4v) is 1.88. The summed E-state index contributed by atoms with van der Waals surface area (Å²) in [4.78, 5) is 13.6. The Hall–Kier alpha value is -0.680. The second kappa shape index (κ2) is 4.70. The Kier molecular flexibility index (Phi) is 3.83. The lowest BCUT2D eigenvalue weighted by atomic mass is 9.97. The van der Waals surface area contributed by atoms with Gasteiger partial charge in [0.2, 0.25) is 5.91 Å². The van der Waals surface area contributed by atoms with Gasteiger partial charge in [-0.05, 0) is 26.2 Å². The number of hydrogen-bond donors (Lipinski definition) is 2. The Labute approximate surface area is 89.6 Å². The Morgan fingerprint density at radius 3 is 2.64 bits per heavy atom. The normalized spacial score (nSPS) is 23.9. The van der Waals surface area contributed by atoms with E-state index in [9.17, 15) is 4.79 Å². The lowest BCUT2D eigenvalue weighted by Gasteiger charge is -2.43. The number of primary amides is 1. The molecule has 0 aromatic heterocycles. The summed E-state index contributed by atoms with van der Waals surface area (Å²) in [5.41, 5.74) is 10.7. The zero-order chi connectivity index (χ0) is 10.7. The molecule has 0 spiro atoms. The third-order valence-corrected chi connectivity index (χ3v) is 2.97. The maximum atomic E-state index is 11.0. The Morgan fingerprint density at radius 2 is 2.29 bits per heavy atom. The highest BCUT2D eigenvalue weighted by Crippen LogP contribution is 2.22. The van der Waals surface area contributed by atoms with Crippen molar-refractivity contribution in [2.45, 2.75) is 38.3 Å². The van der Waals surface area contributed by atoms with Gasteiger partial charge in [-0.2, -0.15) is 0 Å². The van der Waals surface area contributed by atoms with E-state index in [0.717, 1.165) is 25.8 Å². The Balaban J connectivity index is 2.34. The van der Waals surface area contributed by atoms with Gasteiger partial charge in [0, 0.05) is 12.6 Å². The van der Waals surface area contributed by atoms with Crippen molar-refractivity contribution in [1.29, 1.82) is 0 Å². The molecule has 0 aliphatic carbocycles. The van der Waals surface area contributed by atoms with Gasteiger partial charge in [0.1, 0.15) is 0 Å². The van der Waals surface area contributed by atoms with Crippen molar-refractivity contribution in [3.8, 4) is 0 Å². The van der Waals surface area contributed by atoms with Crippen LogP contribution < -0.4 is 11.5 Å². The van der Waals surface area contributed by atoms with Gasteiger partial charge >= 0.3 is 0 Å². The fourth-order valence-electron chi connectivity index (χ4n) is 1.76. The minimum absolute atomic E-state index is 0.0728. The lowest BCUT2D eigenvalue weighted by Crippen LogP contribution is -2.58. The second-order valence-electron chi connectivity index (χ2n) is 3.80. The Bertz CT molecular complexity index is 244. The first-order chi connectivity index (χ1) is 6.52. The standard InChI is InChI=1S/C9H17N3OS/c1-6(2-3-8(10)14)12-5-4-7(12)9(11)13/h6-7H,2-5H2,1H3,(H2,10,14)(H2,11,13). The molecule has 1 amide bonds. The van der Waals surface area contributed by atoms with Crippen LogP contribution in [0.15, 0.2) is 0 Å². The van der Waals surface area contributed by atoms with Crippen molar-refractivity contribution in [3.05, 3.63) is 0 Å². The lowest BCUT2D eigenvalue weighted by molar-refractivity contribution is -0.129. The maximum Gasteiger partial charge on any atom is 0.234 e. The number of amides is 1. The van der Waals surface area contributed by atoms with Gasteiger partial charge in [0.05, 0.1) is 11.0 Å². The average molecular weight is 215 g/mol. The molecule has 1 rings (SSSR count). The number of carbonyl (C=O) groups is 1. The first-order valence-electron chi connectivity index (χ1n) is 4.85. The quantitative estimate of drug-likeness (QED) is 0.633. The number of likely N-dealkylation sites (tertiary alicyclic amines) is 1. The molecule has 1 aliphatic rings. The second-order valence-corrected chi connectivity index (χ2v) is 4.32. The summed E-state index contributed by atoms with van der Waals surface area (Å²) in [6.45, 7) is 3.03. The van der Waals surface area contributed by atoms with Crippen LogP contribution in [0, 0.1) is 0 Å². The zero-order valence-corrected chi connectivity index (χ0v) is 9.22. The summed E-state index contributed by atoms with van der Waals surface area (Å²) < 4.78 is 0. The van der Waals surface area contributed by atoms with E-state index in [4.69, 9.17) is 23.7 Å². The van der Waals surface area contributed by atoms with Crippen LogP contribution in [0.1, 0.15) is 26.2 Å². The van der Waals surface area contributed by atoms with Crippen LogP contribution in [-0.4, -0.2) is 34.4 Å². The molecule has 0 aromatic rings. The van der Waals surface area contributed by atoms with Crippen LogP contribution in [0.5, 0.6) is 0 Å². The van der Waals surface area contributed by atoms with E-state index >= 15 is 0 Å². The topological polar surface area (TPSA) is 72.3 Å². The van der Waals surface area contributed by atoms with Crippen LogP contribution >= 0.6 is 12.2 Å². The summed E-state index contributed by atoms with van der Waals surface area (Å²) >= 11 is 4.80. The van der Waals surface area contributed by atoms with Gasteiger partial charge in [-0.3, -0.25) is 9.69 Å². The van der Waals surface area contributed by atoms with E-state index in [1.54, 1.807) is 0 Å². The van der Waals surface area contributed by atoms with Crippen LogP contribution in [0.25, 0.3) is 0 Å². The number of hydrogen-bond acceptors (Lipinski definition) is 3. The van der Waals surface area contributed by atoms with Crippen molar-refractivity contribution in [2.75, 3.05) is 6.54 Å². The predicted octanol–water partition coefficient (Wildman–Crippen LogP) is 0.000800. The van der Waals surface area contributed by atoms with Crippen molar-refractivity contribution < 1.29 is 4.79 Å². The molecule has 2 atom stereocenters. The highest BCUT2D eigenvalue weighted by Gasteiger charge is 2.35. The molecule has 80 valence electrons. The van der Waals surface area contributed by atoms with Crippen molar-refractivity contribution in [2.24, 2.45) is 11.5 Å². The molecule has 1 aliphatic heterocycles. The SMILES string of the molecule is CC(CCC(N)=S)N1CCC1C(N)=O. The zero-order valence-electron chi connectivity index (χ0n) is 8.40. The fraction of sp³-hybridized carbons (Fsp3) is 0.778. The largest absolute Gasteiger partial charge is 0.393 e. The Morgan fingerprint density at radius 1 is 1.64 bits per heavy atom. The summed E-state index contributed by atoms with van der Waals surface area (Å²) in [6, 6.07) is 0.263. The molecule has 1 saturated heterocycles. The molecule has 4 nitrogen and oxygen atoms in total. The highest BCUT2D eigenvalue weighted by atomic mass is 32.1. The first kappa shape index (κ1) is 11.4. The number of rotatable bonds is 5. The van der Waals surface area contributed by atoms with Crippen molar-refractivity contribution in [1.82, 2.24) is 4.90 Å². The number of carbonyl (C=O) groups excluding carboxylic acids is 1. The molecule has 14 heavy (non-hydrogen) atoms. The van der Waals surface area contributed by atoms with Crippen LogP contribution in [0.4, 0.5) is 0 Å². The molecule has 0 bridgehead atoms.